The van der Waals surface area contributed by atoms with E-state index in [1.54, 1.807) is 12.1 Å². The van der Waals surface area contributed by atoms with Crippen LogP contribution < -0.4 is 16.4 Å². The third-order valence-corrected chi connectivity index (χ3v) is 2.94. The monoisotopic (exact) mass is 294 g/mol. The maximum atomic E-state index is 11.1. The zero-order valence-electron chi connectivity index (χ0n) is 11.9. The summed E-state index contributed by atoms with van der Waals surface area (Å²) in [5, 5.41) is 25.7. The van der Waals surface area contributed by atoms with E-state index in [0.29, 0.717) is 17.9 Å². The van der Waals surface area contributed by atoms with Gasteiger partial charge in [-0.05, 0) is 25.0 Å². The number of benzene rings is 1. The van der Waals surface area contributed by atoms with E-state index in [9.17, 15) is 10.1 Å². The van der Waals surface area contributed by atoms with Gasteiger partial charge < -0.3 is 21.5 Å². The standard InChI is InChI=1S/C14H22N4O3/c15-7-9-16-12-5-6-13(14(11-12)18(20)21)17-8-3-1-2-4-10-19/h5-7,9,11,16-17,19H,1-4,8,10,15H2/b9-7-. The number of nitrogens with zero attached hydrogens (tertiary/aromatic N) is 1. The van der Waals surface area contributed by atoms with Gasteiger partial charge in [0.25, 0.3) is 5.69 Å². The Morgan fingerprint density at radius 2 is 2.05 bits per heavy atom. The summed E-state index contributed by atoms with van der Waals surface area (Å²) in [6.45, 7) is 0.881. The number of nitrogens with two attached hydrogens (primary N) is 1. The molecule has 5 N–H and O–H groups in total. The third-order valence-electron chi connectivity index (χ3n) is 2.94. The van der Waals surface area contributed by atoms with Gasteiger partial charge in [-0.2, -0.15) is 0 Å². The number of rotatable bonds is 10. The molecule has 1 aromatic carbocycles. The summed E-state index contributed by atoms with van der Waals surface area (Å²) >= 11 is 0. The number of aliphatic hydroxyl groups is 1. The Morgan fingerprint density at radius 1 is 1.29 bits per heavy atom. The molecule has 21 heavy (non-hydrogen) atoms. The summed E-state index contributed by atoms with van der Waals surface area (Å²) in [6, 6.07) is 4.90. The number of hydrogen-bond donors (Lipinski definition) is 4. The van der Waals surface area contributed by atoms with E-state index < -0.39 is 4.92 Å². The van der Waals surface area contributed by atoms with Crippen LogP contribution in [0.4, 0.5) is 17.1 Å². The molecule has 7 nitrogen and oxygen atoms in total. The second-order valence-electron chi connectivity index (χ2n) is 4.56. The molecular formula is C14H22N4O3. The van der Waals surface area contributed by atoms with Crippen LogP contribution >= 0.6 is 0 Å². The largest absolute Gasteiger partial charge is 0.403 e. The highest BCUT2D eigenvalue weighted by Crippen LogP contribution is 2.27. The lowest BCUT2D eigenvalue weighted by atomic mass is 10.2. The fraction of sp³-hybridized carbons (Fsp3) is 0.429. The summed E-state index contributed by atoms with van der Waals surface area (Å²) in [5.74, 6) is 0. The molecule has 0 aliphatic carbocycles. The lowest BCUT2D eigenvalue weighted by molar-refractivity contribution is -0.383. The lowest BCUT2D eigenvalue weighted by Crippen LogP contribution is -2.05. The molecule has 0 aliphatic heterocycles. The van der Waals surface area contributed by atoms with Crippen LogP contribution in [0, 0.1) is 10.1 Å². The van der Waals surface area contributed by atoms with Gasteiger partial charge in [-0.15, -0.1) is 0 Å². The smallest absolute Gasteiger partial charge is 0.294 e. The molecule has 0 heterocycles. The molecule has 116 valence electrons. The number of aliphatic hydroxyl groups excluding tert-OH is 1. The maximum Gasteiger partial charge on any atom is 0.294 e. The van der Waals surface area contributed by atoms with Crippen molar-refractivity contribution in [2.45, 2.75) is 25.7 Å². The summed E-state index contributed by atoms with van der Waals surface area (Å²) in [7, 11) is 0. The second-order valence-corrected chi connectivity index (χ2v) is 4.56. The maximum absolute atomic E-state index is 11.1. The molecule has 0 saturated heterocycles. The van der Waals surface area contributed by atoms with Crippen molar-refractivity contribution in [1.82, 2.24) is 0 Å². The summed E-state index contributed by atoms with van der Waals surface area (Å²) in [6.07, 6.45) is 6.50. The number of nitrogens with one attached hydrogen (secondary N) is 2. The predicted molar refractivity (Wildman–Crippen MR) is 84.1 cm³/mol. The molecule has 0 saturated carbocycles. The Kier molecular flexibility index (Phi) is 7.67. The van der Waals surface area contributed by atoms with Gasteiger partial charge >= 0.3 is 0 Å². The van der Waals surface area contributed by atoms with Crippen molar-refractivity contribution in [3.8, 4) is 0 Å². The van der Waals surface area contributed by atoms with Gasteiger partial charge in [0.2, 0.25) is 0 Å². The Hall–Kier alpha value is -2.28. The zero-order chi connectivity index (χ0) is 15.5. The van der Waals surface area contributed by atoms with Crippen molar-refractivity contribution in [2.24, 2.45) is 5.73 Å². The predicted octanol–water partition coefficient (Wildman–Crippen LogP) is 2.40. The van der Waals surface area contributed by atoms with E-state index in [2.05, 4.69) is 10.6 Å². The van der Waals surface area contributed by atoms with Crippen LogP contribution in [0.5, 0.6) is 0 Å². The molecule has 0 aromatic heterocycles. The molecule has 7 heteroatoms. The molecule has 1 aromatic rings. The SMILES string of the molecule is N/C=C\Nc1ccc(NCCCCCCO)c([N+](=O)[O-])c1. The normalized spacial score (nSPS) is 10.7. The Bertz CT molecular complexity index is 477. The van der Waals surface area contributed by atoms with Crippen molar-refractivity contribution < 1.29 is 10.0 Å². The molecule has 0 amide bonds. The van der Waals surface area contributed by atoms with Gasteiger partial charge in [-0.25, -0.2) is 0 Å². The van der Waals surface area contributed by atoms with Gasteiger partial charge in [0, 0.05) is 37.3 Å². The van der Waals surface area contributed by atoms with Crippen LogP contribution in [0.25, 0.3) is 0 Å². The highest BCUT2D eigenvalue weighted by atomic mass is 16.6. The fourth-order valence-electron chi connectivity index (χ4n) is 1.88. The summed E-state index contributed by atoms with van der Waals surface area (Å²) in [5.41, 5.74) is 6.36. The van der Waals surface area contributed by atoms with Crippen LogP contribution in [0.15, 0.2) is 30.6 Å². The Labute approximate surface area is 124 Å². The lowest BCUT2D eigenvalue weighted by Gasteiger charge is -2.08. The van der Waals surface area contributed by atoms with Crippen molar-refractivity contribution in [2.75, 3.05) is 23.8 Å². The molecule has 0 atom stereocenters. The van der Waals surface area contributed by atoms with Gasteiger partial charge in [-0.1, -0.05) is 12.8 Å². The second kappa shape index (κ2) is 9.60. The van der Waals surface area contributed by atoms with E-state index >= 15 is 0 Å². The molecule has 0 aliphatic rings. The van der Waals surface area contributed by atoms with Crippen molar-refractivity contribution >= 4 is 17.1 Å². The zero-order valence-corrected chi connectivity index (χ0v) is 11.9. The minimum atomic E-state index is -0.411. The highest BCUT2D eigenvalue weighted by Gasteiger charge is 2.13. The van der Waals surface area contributed by atoms with E-state index in [0.717, 1.165) is 25.7 Å². The van der Waals surface area contributed by atoms with Crippen molar-refractivity contribution in [1.29, 1.82) is 0 Å². The minimum Gasteiger partial charge on any atom is -0.403 e. The summed E-state index contributed by atoms with van der Waals surface area (Å²) < 4.78 is 0. The molecule has 0 spiro atoms. The quantitative estimate of drug-likeness (QED) is 0.299. The van der Waals surface area contributed by atoms with Crippen LogP contribution in [0.3, 0.4) is 0 Å². The third kappa shape index (κ3) is 6.13. The minimum absolute atomic E-state index is 0.0285. The first-order chi connectivity index (χ1) is 10.2. The number of nitro benzene ring substituents is 1. The average Bonchev–Trinajstić information content (AvgIpc) is 2.49. The van der Waals surface area contributed by atoms with Gasteiger partial charge in [0.05, 0.1) is 4.92 Å². The first-order valence-corrected chi connectivity index (χ1v) is 6.95. The van der Waals surface area contributed by atoms with Gasteiger partial charge in [0.15, 0.2) is 0 Å². The van der Waals surface area contributed by atoms with Crippen LogP contribution in [0.1, 0.15) is 25.7 Å². The van der Waals surface area contributed by atoms with Crippen molar-refractivity contribution in [3.05, 3.63) is 40.7 Å². The first kappa shape index (κ1) is 16.8. The Morgan fingerprint density at radius 3 is 2.71 bits per heavy atom. The van der Waals surface area contributed by atoms with E-state index in [4.69, 9.17) is 10.8 Å². The van der Waals surface area contributed by atoms with Gasteiger partial charge in [0.1, 0.15) is 5.69 Å². The number of anilines is 2. The van der Waals surface area contributed by atoms with Crippen LogP contribution in [-0.4, -0.2) is 23.2 Å². The van der Waals surface area contributed by atoms with Crippen molar-refractivity contribution in [3.63, 3.8) is 0 Å². The molecule has 0 bridgehead atoms. The van der Waals surface area contributed by atoms with E-state index in [1.165, 1.54) is 18.5 Å². The molecule has 0 unspecified atom stereocenters. The Balaban J connectivity index is 2.58. The highest BCUT2D eigenvalue weighted by molar-refractivity contribution is 5.68. The van der Waals surface area contributed by atoms with E-state index in [-0.39, 0.29) is 12.3 Å². The van der Waals surface area contributed by atoms with Crippen LogP contribution in [0.2, 0.25) is 0 Å². The summed E-state index contributed by atoms with van der Waals surface area (Å²) in [4.78, 5) is 10.7. The molecular weight excluding hydrogens is 272 g/mol. The number of unbranched alkanes of at least 4 members (excludes halogenated alkanes) is 3. The number of hydrogen-bond acceptors (Lipinski definition) is 6. The van der Waals surface area contributed by atoms with Crippen LogP contribution in [-0.2, 0) is 0 Å². The number of nitro groups is 1. The fourth-order valence-corrected chi connectivity index (χ4v) is 1.88. The molecule has 0 radical (unpaired) electrons. The van der Waals surface area contributed by atoms with E-state index in [1.807, 2.05) is 0 Å². The molecule has 0 fully saturated rings. The first-order valence-electron chi connectivity index (χ1n) is 6.95. The topological polar surface area (TPSA) is 113 Å². The van der Waals surface area contributed by atoms with Gasteiger partial charge in [-0.3, -0.25) is 10.1 Å². The molecule has 1 rings (SSSR count). The average molecular weight is 294 g/mol.